The first-order valence-corrected chi connectivity index (χ1v) is 11.0. The van der Waals surface area contributed by atoms with E-state index in [0.717, 1.165) is 39.8 Å². The molecule has 0 aliphatic rings. The summed E-state index contributed by atoms with van der Waals surface area (Å²) in [6.07, 6.45) is 0. The second kappa shape index (κ2) is 9.75. The molecule has 3 nitrogen and oxygen atoms in total. The maximum atomic E-state index is 3.51. The second-order valence-corrected chi connectivity index (χ2v) is 7.75. The van der Waals surface area contributed by atoms with E-state index in [-0.39, 0.29) is 0 Å². The van der Waals surface area contributed by atoms with Crippen molar-refractivity contribution in [2.75, 3.05) is 15.5 Å². The van der Waals surface area contributed by atoms with E-state index < -0.39 is 0 Å². The van der Waals surface area contributed by atoms with Crippen molar-refractivity contribution in [3.8, 4) is 0 Å². The number of nitrogens with one attached hydrogen (secondary N) is 2. The largest absolute Gasteiger partial charge is 0.355 e. The Labute approximate surface area is 195 Å². The molecule has 160 valence electrons. The van der Waals surface area contributed by atoms with Crippen LogP contribution in [0, 0.1) is 0 Å². The molecule has 2 N–H and O–H groups in total. The van der Waals surface area contributed by atoms with Gasteiger partial charge in [0.1, 0.15) is 0 Å². The average Bonchev–Trinajstić information content (AvgIpc) is 2.87. The monoisotopic (exact) mass is 427 g/mol. The van der Waals surface area contributed by atoms with E-state index in [4.69, 9.17) is 0 Å². The van der Waals surface area contributed by atoms with Gasteiger partial charge in [0.2, 0.25) is 0 Å². The predicted molar refractivity (Wildman–Crippen MR) is 141 cm³/mol. The van der Waals surface area contributed by atoms with Gasteiger partial charge in [0.15, 0.2) is 0 Å². The van der Waals surface area contributed by atoms with Gasteiger partial charge in [-0.15, -0.1) is 0 Å². The highest BCUT2D eigenvalue weighted by Crippen LogP contribution is 2.37. The fourth-order valence-corrected chi connectivity index (χ4v) is 3.85. The zero-order chi connectivity index (χ0) is 22.3. The quantitative estimate of drug-likeness (QED) is 0.272. The van der Waals surface area contributed by atoms with Crippen LogP contribution < -0.4 is 15.5 Å². The Morgan fingerprint density at radius 1 is 0.333 bits per heavy atom. The normalized spacial score (nSPS) is 10.4. The molecule has 0 amide bonds. The van der Waals surface area contributed by atoms with Crippen LogP contribution in [0.2, 0.25) is 0 Å². The van der Waals surface area contributed by atoms with Gasteiger partial charge in [-0.3, -0.25) is 0 Å². The lowest BCUT2D eigenvalue weighted by Crippen LogP contribution is -2.10. The predicted octanol–water partition coefficient (Wildman–Crippen LogP) is 8.64. The van der Waals surface area contributed by atoms with Crippen molar-refractivity contribution < 1.29 is 0 Å². The van der Waals surface area contributed by atoms with E-state index in [9.17, 15) is 0 Å². The van der Waals surface area contributed by atoms with Crippen LogP contribution in [0.3, 0.4) is 0 Å². The summed E-state index contributed by atoms with van der Waals surface area (Å²) in [4.78, 5) is 2.27. The Morgan fingerprint density at radius 2 is 0.697 bits per heavy atom. The lowest BCUT2D eigenvalue weighted by molar-refractivity contribution is 1.28. The van der Waals surface area contributed by atoms with E-state index in [0.29, 0.717) is 0 Å². The highest BCUT2D eigenvalue weighted by atomic mass is 15.1. The summed E-state index contributed by atoms with van der Waals surface area (Å²) in [6.45, 7) is 0. The summed E-state index contributed by atoms with van der Waals surface area (Å²) < 4.78 is 0. The molecule has 0 saturated carbocycles. The van der Waals surface area contributed by atoms with Crippen LogP contribution in [-0.4, -0.2) is 0 Å². The third-order valence-electron chi connectivity index (χ3n) is 5.35. The van der Waals surface area contributed by atoms with Gasteiger partial charge in [0.05, 0.1) is 0 Å². The first kappa shape index (κ1) is 20.4. The van der Waals surface area contributed by atoms with Crippen molar-refractivity contribution in [2.24, 2.45) is 0 Å². The van der Waals surface area contributed by atoms with Crippen molar-refractivity contribution in [2.45, 2.75) is 0 Å². The summed E-state index contributed by atoms with van der Waals surface area (Å²) in [5.74, 6) is 0. The van der Waals surface area contributed by atoms with Gasteiger partial charge in [0.25, 0.3) is 0 Å². The Morgan fingerprint density at radius 3 is 1.15 bits per heavy atom. The molecular formula is C30H25N3. The Bertz CT molecular complexity index is 1220. The lowest BCUT2D eigenvalue weighted by Gasteiger charge is -2.26. The maximum Gasteiger partial charge on any atom is 0.0482 e. The minimum absolute atomic E-state index is 1.04. The Balaban J connectivity index is 1.52. The first-order chi connectivity index (χ1) is 16.3. The molecule has 0 radical (unpaired) electrons. The van der Waals surface area contributed by atoms with Crippen LogP contribution in [0.15, 0.2) is 140 Å². The highest BCUT2D eigenvalue weighted by Gasteiger charge is 2.13. The average molecular weight is 428 g/mol. The van der Waals surface area contributed by atoms with Crippen LogP contribution in [0.1, 0.15) is 0 Å². The van der Waals surface area contributed by atoms with Gasteiger partial charge in [-0.25, -0.2) is 0 Å². The summed E-state index contributed by atoms with van der Waals surface area (Å²) in [6, 6.07) is 47.9. The van der Waals surface area contributed by atoms with Crippen LogP contribution in [0.4, 0.5) is 39.8 Å². The van der Waals surface area contributed by atoms with Gasteiger partial charge in [-0.1, -0.05) is 66.7 Å². The molecule has 0 atom stereocenters. The first-order valence-electron chi connectivity index (χ1n) is 11.0. The van der Waals surface area contributed by atoms with Crippen LogP contribution in [0.25, 0.3) is 0 Å². The van der Waals surface area contributed by atoms with Crippen LogP contribution >= 0.6 is 0 Å². The Kier molecular flexibility index (Phi) is 6.03. The fourth-order valence-electron chi connectivity index (χ4n) is 3.85. The topological polar surface area (TPSA) is 27.3 Å². The van der Waals surface area contributed by atoms with E-state index in [1.807, 2.05) is 42.5 Å². The molecule has 0 spiro atoms. The molecule has 5 aromatic carbocycles. The molecule has 0 aliphatic carbocycles. The van der Waals surface area contributed by atoms with Crippen LogP contribution in [-0.2, 0) is 0 Å². The van der Waals surface area contributed by atoms with Crippen molar-refractivity contribution in [1.82, 2.24) is 0 Å². The van der Waals surface area contributed by atoms with Crippen molar-refractivity contribution in [3.05, 3.63) is 140 Å². The zero-order valence-electron chi connectivity index (χ0n) is 18.2. The van der Waals surface area contributed by atoms with Crippen molar-refractivity contribution in [3.63, 3.8) is 0 Å². The van der Waals surface area contributed by atoms with Gasteiger partial charge in [0, 0.05) is 39.8 Å². The van der Waals surface area contributed by atoms with Gasteiger partial charge in [-0.2, -0.15) is 0 Å². The molecule has 3 heteroatoms. The summed E-state index contributed by atoms with van der Waals surface area (Å²) >= 11 is 0. The molecule has 5 rings (SSSR count). The minimum atomic E-state index is 1.04. The van der Waals surface area contributed by atoms with E-state index in [1.165, 1.54) is 0 Å². The molecule has 0 heterocycles. The van der Waals surface area contributed by atoms with Gasteiger partial charge >= 0.3 is 0 Å². The number of para-hydroxylation sites is 3. The fraction of sp³-hybridized carbons (Fsp3) is 0. The molecule has 0 saturated heterocycles. The third kappa shape index (κ3) is 5.05. The maximum absolute atomic E-state index is 3.51. The molecule has 5 aromatic rings. The minimum Gasteiger partial charge on any atom is -0.355 e. The number of rotatable bonds is 7. The third-order valence-corrected chi connectivity index (χ3v) is 5.35. The molecule has 0 aliphatic heterocycles. The standard InChI is InChI=1S/C30H25N3/c1-4-12-24(13-5-1)31-26-16-10-20-29(22-26)33(28-18-8-3-9-19-28)30-21-11-17-27(23-30)32-25-14-6-2-7-15-25/h1-23,31-32H. The van der Waals surface area contributed by atoms with E-state index in [2.05, 4.69) is 113 Å². The summed E-state index contributed by atoms with van der Waals surface area (Å²) in [5.41, 5.74) is 7.48. The zero-order valence-corrected chi connectivity index (χ0v) is 18.2. The van der Waals surface area contributed by atoms with Gasteiger partial charge < -0.3 is 15.5 Å². The summed E-state index contributed by atoms with van der Waals surface area (Å²) in [7, 11) is 0. The van der Waals surface area contributed by atoms with E-state index >= 15 is 0 Å². The molecule has 0 bridgehead atoms. The highest BCUT2D eigenvalue weighted by molar-refractivity contribution is 5.81. The smallest absolute Gasteiger partial charge is 0.0482 e. The second-order valence-electron chi connectivity index (χ2n) is 7.75. The molecule has 33 heavy (non-hydrogen) atoms. The van der Waals surface area contributed by atoms with Gasteiger partial charge in [-0.05, 0) is 72.8 Å². The molecular weight excluding hydrogens is 402 g/mol. The molecule has 0 aromatic heterocycles. The summed E-state index contributed by atoms with van der Waals surface area (Å²) in [5, 5.41) is 7.01. The van der Waals surface area contributed by atoms with Crippen LogP contribution in [0.5, 0.6) is 0 Å². The number of benzene rings is 5. The number of anilines is 7. The molecule has 0 fully saturated rings. The number of nitrogens with zero attached hydrogens (tertiary/aromatic N) is 1. The van der Waals surface area contributed by atoms with E-state index in [1.54, 1.807) is 0 Å². The van der Waals surface area contributed by atoms with Crippen molar-refractivity contribution in [1.29, 1.82) is 0 Å². The Hall–Kier alpha value is -4.50. The number of hydrogen-bond acceptors (Lipinski definition) is 3. The molecule has 0 unspecified atom stereocenters. The van der Waals surface area contributed by atoms with Crippen molar-refractivity contribution >= 4 is 39.8 Å². The SMILES string of the molecule is c1ccc(Nc2cccc(N(c3ccccc3)c3cccc(Nc4ccccc4)c3)c2)cc1. The lowest BCUT2D eigenvalue weighted by atomic mass is 10.1. The number of hydrogen-bond donors (Lipinski definition) is 2.